The maximum Gasteiger partial charge on any atom is 0.200 e. The Morgan fingerprint density at radius 2 is 1.89 bits per heavy atom. The second-order valence-electron chi connectivity index (χ2n) is 4.19. The molecule has 0 aliphatic rings. The lowest BCUT2D eigenvalue weighted by Gasteiger charge is -2.07. The van der Waals surface area contributed by atoms with Crippen molar-refractivity contribution in [1.82, 2.24) is 19.7 Å². The van der Waals surface area contributed by atoms with Crippen LogP contribution in [-0.2, 0) is 0 Å². The Bertz CT molecular complexity index is 758. The minimum absolute atomic E-state index is 0.561. The largest absolute Gasteiger partial charge is 0.267 e. The van der Waals surface area contributed by atoms with Crippen molar-refractivity contribution in [1.29, 1.82) is 0 Å². The Morgan fingerprint density at radius 1 is 1.11 bits per heavy atom. The van der Waals surface area contributed by atoms with E-state index in [9.17, 15) is 0 Å². The molecule has 3 rings (SSSR count). The molecule has 2 aromatic heterocycles. The number of aromatic nitrogens is 4. The number of para-hydroxylation sites is 1. The summed E-state index contributed by atoms with van der Waals surface area (Å²) in [6.07, 6.45) is 1.76. The molecule has 0 aliphatic heterocycles. The summed E-state index contributed by atoms with van der Waals surface area (Å²) in [4.78, 5) is 4.40. The average Bonchev–Trinajstić information content (AvgIpc) is 2.82. The van der Waals surface area contributed by atoms with Crippen molar-refractivity contribution in [2.75, 3.05) is 0 Å². The third kappa shape index (κ3) is 2.08. The van der Waals surface area contributed by atoms with Crippen LogP contribution in [0.25, 0.3) is 17.2 Å². The molecular weight excluding hydrogens is 256 g/mol. The SMILES string of the molecule is Cc1cccnc1-c1n[nH]c(=S)n1-c1ccccc1. The molecule has 0 aliphatic carbocycles. The maximum absolute atomic E-state index is 5.32. The smallest absolute Gasteiger partial charge is 0.200 e. The first kappa shape index (κ1) is 11.8. The fraction of sp³-hybridized carbons (Fsp3) is 0.0714. The van der Waals surface area contributed by atoms with Crippen molar-refractivity contribution in [2.24, 2.45) is 0 Å². The van der Waals surface area contributed by atoms with Crippen LogP contribution >= 0.6 is 12.2 Å². The van der Waals surface area contributed by atoms with Crippen molar-refractivity contribution in [3.05, 3.63) is 59.0 Å². The van der Waals surface area contributed by atoms with Gasteiger partial charge in [-0.1, -0.05) is 24.3 Å². The summed E-state index contributed by atoms with van der Waals surface area (Å²) in [5.74, 6) is 0.731. The summed E-state index contributed by atoms with van der Waals surface area (Å²) in [7, 11) is 0. The van der Waals surface area contributed by atoms with Gasteiger partial charge in [0.2, 0.25) is 0 Å². The van der Waals surface area contributed by atoms with E-state index in [1.165, 1.54) is 0 Å². The summed E-state index contributed by atoms with van der Waals surface area (Å²) in [6.45, 7) is 2.01. The first-order valence-corrected chi connectivity index (χ1v) is 6.33. The third-order valence-corrected chi connectivity index (χ3v) is 3.18. The van der Waals surface area contributed by atoms with Crippen LogP contribution in [-0.4, -0.2) is 19.7 Å². The number of hydrogen-bond acceptors (Lipinski definition) is 3. The van der Waals surface area contributed by atoms with Crippen LogP contribution in [0.15, 0.2) is 48.7 Å². The van der Waals surface area contributed by atoms with Crippen LogP contribution in [0.4, 0.5) is 0 Å². The summed E-state index contributed by atoms with van der Waals surface area (Å²) in [5.41, 5.74) is 2.87. The fourth-order valence-corrected chi connectivity index (χ4v) is 2.23. The van der Waals surface area contributed by atoms with Gasteiger partial charge in [-0.2, -0.15) is 5.10 Å². The molecule has 0 unspecified atom stereocenters. The van der Waals surface area contributed by atoms with E-state index >= 15 is 0 Å². The molecule has 94 valence electrons. The van der Waals surface area contributed by atoms with E-state index in [1.54, 1.807) is 6.20 Å². The number of rotatable bonds is 2. The van der Waals surface area contributed by atoms with Crippen molar-refractivity contribution in [2.45, 2.75) is 6.92 Å². The Kier molecular flexibility index (Phi) is 2.97. The number of aromatic amines is 1. The number of hydrogen-bond donors (Lipinski definition) is 1. The Morgan fingerprint density at radius 3 is 2.63 bits per heavy atom. The number of H-pyrrole nitrogens is 1. The molecule has 1 N–H and O–H groups in total. The zero-order valence-corrected chi connectivity index (χ0v) is 11.2. The molecule has 0 atom stereocenters. The minimum atomic E-state index is 0.561. The van der Waals surface area contributed by atoms with E-state index in [1.807, 2.05) is 54.0 Å². The quantitative estimate of drug-likeness (QED) is 0.725. The Labute approximate surface area is 115 Å². The normalized spacial score (nSPS) is 10.6. The highest BCUT2D eigenvalue weighted by molar-refractivity contribution is 7.71. The molecule has 2 heterocycles. The molecule has 0 bridgehead atoms. The minimum Gasteiger partial charge on any atom is -0.267 e. The maximum atomic E-state index is 5.32. The van der Waals surface area contributed by atoms with Crippen molar-refractivity contribution < 1.29 is 0 Å². The van der Waals surface area contributed by atoms with Crippen molar-refractivity contribution >= 4 is 12.2 Å². The van der Waals surface area contributed by atoms with E-state index in [2.05, 4.69) is 15.2 Å². The lowest BCUT2D eigenvalue weighted by molar-refractivity contribution is 1.03. The monoisotopic (exact) mass is 268 g/mol. The summed E-state index contributed by atoms with van der Waals surface area (Å²) in [6, 6.07) is 13.8. The molecule has 0 saturated carbocycles. The second-order valence-corrected chi connectivity index (χ2v) is 4.58. The molecule has 5 heteroatoms. The van der Waals surface area contributed by atoms with Gasteiger partial charge < -0.3 is 0 Å². The molecule has 0 saturated heterocycles. The van der Waals surface area contributed by atoms with Gasteiger partial charge in [-0.25, -0.2) is 0 Å². The third-order valence-electron chi connectivity index (χ3n) is 2.91. The number of aryl methyl sites for hydroxylation is 1. The van der Waals surface area contributed by atoms with Gasteiger partial charge in [0.15, 0.2) is 10.6 Å². The first-order valence-electron chi connectivity index (χ1n) is 5.92. The number of benzene rings is 1. The van der Waals surface area contributed by atoms with E-state index in [0.29, 0.717) is 4.77 Å². The van der Waals surface area contributed by atoms with Gasteiger partial charge >= 0.3 is 0 Å². The van der Waals surface area contributed by atoms with Crippen LogP contribution in [0.1, 0.15) is 5.56 Å². The molecule has 0 radical (unpaired) electrons. The topological polar surface area (TPSA) is 46.5 Å². The van der Waals surface area contributed by atoms with E-state index in [4.69, 9.17) is 12.2 Å². The molecular formula is C14H12N4S. The molecule has 3 aromatic rings. The highest BCUT2D eigenvalue weighted by Gasteiger charge is 2.13. The molecule has 0 spiro atoms. The number of nitrogens with zero attached hydrogens (tertiary/aromatic N) is 3. The summed E-state index contributed by atoms with van der Waals surface area (Å²) >= 11 is 5.32. The lowest BCUT2D eigenvalue weighted by atomic mass is 10.2. The van der Waals surface area contributed by atoms with E-state index in [0.717, 1.165) is 22.8 Å². The highest BCUT2D eigenvalue weighted by atomic mass is 32.1. The van der Waals surface area contributed by atoms with Gasteiger partial charge in [-0.05, 0) is 42.9 Å². The number of pyridine rings is 1. The van der Waals surface area contributed by atoms with Crippen LogP contribution in [0, 0.1) is 11.7 Å². The van der Waals surface area contributed by atoms with Crippen molar-refractivity contribution in [3.63, 3.8) is 0 Å². The Balaban J connectivity index is 2.26. The van der Waals surface area contributed by atoms with Gasteiger partial charge in [0.05, 0.1) is 5.69 Å². The fourth-order valence-electron chi connectivity index (χ4n) is 1.99. The summed E-state index contributed by atoms with van der Waals surface area (Å²) in [5, 5.41) is 7.14. The zero-order chi connectivity index (χ0) is 13.2. The lowest BCUT2D eigenvalue weighted by Crippen LogP contribution is -2.00. The van der Waals surface area contributed by atoms with Gasteiger partial charge in [0.1, 0.15) is 5.69 Å². The van der Waals surface area contributed by atoms with E-state index in [-0.39, 0.29) is 0 Å². The number of nitrogens with one attached hydrogen (secondary N) is 1. The van der Waals surface area contributed by atoms with Gasteiger partial charge in [-0.3, -0.25) is 14.6 Å². The van der Waals surface area contributed by atoms with Crippen LogP contribution in [0.3, 0.4) is 0 Å². The van der Waals surface area contributed by atoms with Crippen LogP contribution in [0.2, 0.25) is 0 Å². The Hall–Kier alpha value is -2.27. The van der Waals surface area contributed by atoms with Gasteiger partial charge in [0.25, 0.3) is 0 Å². The molecule has 0 fully saturated rings. The zero-order valence-electron chi connectivity index (χ0n) is 10.4. The predicted molar refractivity (Wildman–Crippen MR) is 76.7 cm³/mol. The van der Waals surface area contributed by atoms with E-state index < -0.39 is 0 Å². The van der Waals surface area contributed by atoms with Crippen molar-refractivity contribution in [3.8, 4) is 17.2 Å². The second kappa shape index (κ2) is 4.78. The van der Waals surface area contributed by atoms with Crippen LogP contribution in [0.5, 0.6) is 0 Å². The average molecular weight is 268 g/mol. The molecule has 4 nitrogen and oxygen atoms in total. The first-order chi connectivity index (χ1) is 9.27. The molecule has 0 amide bonds. The van der Waals surface area contributed by atoms with Gasteiger partial charge in [-0.15, -0.1) is 0 Å². The summed E-state index contributed by atoms with van der Waals surface area (Å²) < 4.78 is 2.45. The predicted octanol–water partition coefficient (Wildman–Crippen LogP) is 3.30. The van der Waals surface area contributed by atoms with Crippen LogP contribution < -0.4 is 0 Å². The molecule has 19 heavy (non-hydrogen) atoms. The van der Waals surface area contributed by atoms with Gasteiger partial charge in [0, 0.05) is 6.20 Å². The molecule has 1 aromatic carbocycles. The highest BCUT2D eigenvalue weighted by Crippen LogP contribution is 2.21. The standard InChI is InChI=1S/C14H12N4S/c1-10-6-5-9-15-12(10)13-16-17-14(19)18(13)11-7-3-2-4-8-11/h2-9H,1H3,(H,17,19).